The number of hydrogen-bond acceptors (Lipinski definition) is 2. The van der Waals surface area contributed by atoms with Crippen molar-refractivity contribution in [2.24, 2.45) is 7.05 Å². The highest BCUT2D eigenvalue weighted by Gasteiger charge is 2.27. The van der Waals surface area contributed by atoms with Crippen LogP contribution in [0.25, 0.3) is 11.0 Å². The summed E-state index contributed by atoms with van der Waals surface area (Å²) in [5, 5.41) is 2.76. The summed E-state index contributed by atoms with van der Waals surface area (Å²) in [6.45, 7) is 8.18. The second-order valence-electron chi connectivity index (χ2n) is 6.21. The molecule has 0 saturated carbocycles. The van der Waals surface area contributed by atoms with Crippen molar-refractivity contribution in [2.75, 3.05) is 0 Å². The molecule has 5 nitrogen and oxygen atoms in total. The molecule has 1 aliphatic heterocycles. The lowest BCUT2D eigenvalue weighted by Crippen LogP contribution is -2.37. The molecular weight excluding hydrogens is 278 g/mol. The molecule has 3 rings (SSSR count). The van der Waals surface area contributed by atoms with Gasteiger partial charge in [-0.3, -0.25) is 13.9 Å². The number of rotatable bonds is 2. The first-order chi connectivity index (χ1) is 10.4. The van der Waals surface area contributed by atoms with Crippen LogP contribution in [0.1, 0.15) is 44.2 Å². The van der Waals surface area contributed by atoms with Gasteiger partial charge in [0.1, 0.15) is 0 Å². The van der Waals surface area contributed by atoms with Crippen molar-refractivity contribution in [3.63, 3.8) is 0 Å². The Labute approximate surface area is 129 Å². The summed E-state index contributed by atoms with van der Waals surface area (Å²) in [6.07, 6.45) is 1.02. The summed E-state index contributed by atoms with van der Waals surface area (Å²) in [5.74, 6) is 0.303. The van der Waals surface area contributed by atoms with E-state index in [2.05, 4.69) is 31.8 Å². The summed E-state index contributed by atoms with van der Waals surface area (Å²) in [7, 11) is 1.80. The van der Waals surface area contributed by atoms with Gasteiger partial charge in [0.2, 0.25) is 5.91 Å². The number of aryl methyl sites for hydroxylation is 1. The summed E-state index contributed by atoms with van der Waals surface area (Å²) >= 11 is 0. The van der Waals surface area contributed by atoms with E-state index in [9.17, 15) is 9.59 Å². The van der Waals surface area contributed by atoms with Crippen molar-refractivity contribution in [3.05, 3.63) is 46.5 Å². The van der Waals surface area contributed by atoms with E-state index < -0.39 is 0 Å². The summed E-state index contributed by atoms with van der Waals surface area (Å²) < 4.78 is 3.47. The number of hydrogen-bond donors (Lipinski definition) is 1. The topological polar surface area (TPSA) is 56.0 Å². The Bertz CT molecular complexity index is 826. The second kappa shape index (κ2) is 5.16. The van der Waals surface area contributed by atoms with Crippen molar-refractivity contribution in [2.45, 2.75) is 38.6 Å². The summed E-state index contributed by atoms with van der Waals surface area (Å²) in [4.78, 5) is 24.2. The highest BCUT2D eigenvalue weighted by molar-refractivity contribution is 5.82. The van der Waals surface area contributed by atoms with Crippen LogP contribution in [0.2, 0.25) is 0 Å². The van der Waals surface area contributed by atoms with Crippen LogP contribution >= 0.6 is 0 Å². The Kier molecular flexibility index (Phi) is 3.43. The Morgan fingerprint density at radius 2 is 2.05 bits per heavy atom. The van der Waals surface area contributed by atoms with E-state index in [1.807, 2.05) is 12.1 Å². The minimum atomic E-state index is -0.184. The van der Waals surface area contributed by atoms with Crippen LogP contribution in [0.5, 0.6) is 0 Å². The third-order valence-corrected chi connectivity index (χ3v) is 4.41. The fourth-order valence-electron chi connectivity index (χ4n) is 3.29. The summed E-state index contributed by atoms with van der Waals surface area (Å²) in [5.41, 5.74) is 3.56. The Morgan fingerprint density at radius 3 is 2.68 bits per heavy atom. The molecular formula is C17H21N3O2. The quantitative estimate of drug-likeness (QED) is 0.926. The molecule has 1 atom stereocenters. The second-order valence-corrected chi connectivity index (χ2v) is 6.21. The Morgan fingerprint density at radius 1 is 1.32 bits per heavy atom. The molecule has 1 N–H and O–H groups in total. The lowest BCUT2D eigenvalue weighted by atomic mass is 10.0. The first-order valence-electron chi connectivity index (χ1n) is 7.60. The highest BCUT2D eigenvalue weighted by atomic mass is 16.2. The highest BCUT2D eigenvalue weighted by Crippen LogP contribution is 2.30. The average molecular weight is 299 g/mol. The van der Waals surface area contributed by atoms with Gasteiger partial charge >= 0.3 is 5.69 Å². The molecule has 1 unspecified atom stereocenters. The number of nitrogens with one attached hydrogen (secondary N) is 1. The number of aromatic nitrogens is 2. The number of carbonyl (C=O) groups excluding carboxylic acids is 1. The smallest absolute Gasteiger partial charge is 0.328 e. The Balaban J connectivity index is 2.25. The standard InChI is InChI=1S/C17H21N3O2/c1-10(2)12-6-5-7-14-16(12)19(4)17(22)20(14)13-8-9-15(21)18-11(13)3/h5-7,10,13H,3,8-9H2,1-2,4H3,(H,18,21). The molecule has 22 heavy (non-hydrogen) atoms. The van der Waals surface area contributed by atoms with Crippen LogP contribution in [-0.4, -0.2) is 15.0 Å². The third kappa shape index (κ3) is 2.08. The van der Waals surface area contributed by atoms with Crippen molar-refractivity contribution in [1.82, 2.24) is 14.5 Å². The van der Waals surface area contributed by atoms with Gasteiger partial charge in [-0.1, -0.05) is 32.6 Å². The maximum absolute atomic E-state index is 12.8. The van der Waals surface area contributed by atoms with Crippen LogP contribution in [0.3, 0.4) is 0 Å². The number of para-hydroxylation sites is 1. The van der Waals surface area contributed by atoms with Crippen molar-refractivity contribution in [1.29, 1.82) is 0 Å². The van der Waals surface area contributed by atoms with Crippen LogP contribution in [0.15, 0.2) is 35.3 Å². The van der Waals surface area contributed by atoms with Gasteiger partial charge in [0, 0.05) is 19.2 Å². The monoisotopic (exact) mass is 299 g/mol. The molecule has 5 heteroatoms. The molecule has 0 radical (unpaired) electrons. The minimum absolute atomic E-state index is 0.0302. The molecule has 1 saturated heterocycles. The van der Waals surface area contributed by atoms with E-state index in [1.54, 1.807) is 16.2 Å². The number of nitrogens with zero attached hydrogens (tertiary/aromatic N) is 2. The average Bonchev–Trinajstić information content (AvgIpc) is 2.72. The van der Waals surface area contributed by atoms with E-state index in [-0.39, 0.29) is 17.6 Å². The van der Waals surface area contributed by atoms with Crippen molar-refractivity contribution < 1.29 is 4.79 Å². The third-order valence-electron chi connectivity index (χ3n) is 4.41. The minimum Gasteiger partial charge on any atom is -0.328 e. The molecule has 1 aromatic carbocycles. The SMILES string of the molecule is C=C1NC(=O)CCC1n1c(=O)n(C)c2c(C(C)C)cccc21. The van der Waals surface area contributed by atoms with Gasteiger partial charge in [-0.25, -0.2) is 4.79 Å². The first-order valence-corrected chi connectivity index (χ1v) is 7.60. The summed E-state index contributed by atoms with van der Waals surface area (Å²) in [6, 6.07) is 5.83. The van der Waals surface area contributed by atoms with Gasteiger partial charge in [-0.2, -0.15) is 0 Å². The number of amides is 1. The van der Waals surface area contributed by atoms with Gasteiger partial charge in [-0.05, 0) is 24.0 Å². The molecule has 116 valence electrons. The Hall–Kier alpha value is -2.30. The number of carbonyl (C=O) groups is 1. The fraction of sp³-hybridized carbons (Fsp3) is 0.412. The number of benzene rings is 1. The number of allylic oxidation sites excluding steroid dienone is 1. The zero-order valence-corrected chi connectivity index (χ0v) is 13.2. The van der Waals surface area contributed by atoms with Gasteiger partial charge in [0.15, 0.2) is 0 Å². The van der Waals surface area contributed by atoms with Crippen LogP contribution in [0, 0.1) is 0 Å². The van der Waals surface area contributed by atoms with E-state index in [0.717, 1.165) is 16.6 Å². The van der Waals surface area contributed by atoms with Gasteiger partial charge < -0.3 is 5.32 Å². The maximum Gasteiger partial charge on any atom is 0.329 e. The lowest BCUT2D eigenvalue weighted by Gasteiger charge is -2.26. The zero-order chi connectivity index (χ0) is 16.0. The number of piperidine rings is 1. The number of imidazole rings is 1. The van der Waals surface area contributed by atoms with E-state index >= 15 is 0 Å². The molecule has 1 fully saturated rings. The molecule has 1 aromatic heterocycles. The van der Waals surface area contributed by atoms with Crippen LogP contribution in [0.4, 0.5) is 0 Å². The van der Waals surface area contributed by atoms with E-state index in [4.69, 9.17) is 0 Å². The maximum atomic E-state index is 12.8. The van der Waals surface area contributed by atoms with E-state index in [1.165, 1.54) is 0 Å². The molecule has 0 aliphatic carbocycles. The number of fused-ring (bicyclic) bond motifs is 1. The fourth-order valence-corrected chi connectivity index (χ4v) is 3.29. The van der Waals surface area contributed by atoms with Gasteiger partial charge in [0.05, 0.1) is 17.1 Å². The largest absolute Gasteiger partial charge is 0.329 e. The lowest BCUT2D eigenvalue weighted by molar-refractivity contribution is -0.121. The molecule has 0 bridgehead atoms. The first kappa shape index (κ1) is 14.6. The van der Waals surface area contributed by atoms with Crippen molar-refractivity contribution in [3.8, 4) is 0 Å². The van der Waals surface area contributed by atoms with Crippen molar-refractivity contribution >= 4 is 16.9 Å². The van der Waals surface area contributed by atoms with Gasteiger partial charge in [0.25, 0.3) is 0 Å². The normalized spacial score (nSPS) is 19.0. The molecule has 0 spiro atoms. The predicted octanol–water partition coefficient (Wildman–Crippen LogP) is 2.43. The zero-order valence-electron chi connectivity index (χ0n) is 13.2. The van der Waals surface area contributed by atoms with Crippen LogP contribution in [-0.2, 0) is 11.8 Å². The van der Waals surface area contributed by atoms with Gasteiger partial charge in [-0.15, -0.1) is 0 Å². The van der Waals surface area contributed by atoms with E-state index in [0.29, 0.717) is 24.5 Å². The molecule has 1 amide bonds. The molecule has 2 aromatic rings. The predicted molar refractivity (Wildman–Crippen MR) is 86.8 cm³/mol. The van der Waals surface area contributed by atoms with Crippen LogP contribution < -0.4 is 11.0 Å². The molecule has 1 aliphatic rings. The molecule has 2 heterocycles.